The molecule has 1 saturated heterocycles. The van der Waals surface area contributed by atoms with Crippen LogP contribution in [0, 0.1) is 0 Å². The lowest BCUT2D eigenvalue weighted by Crippen LogP contribution is -2.36. The Balaban J connectivity index is 1.54. The molecule has 1 atom stereocenters. The minimum Gasteiger partial charge on any atom is -0.493 e. The second kappa shape index (κ2) is 8.19. The van der Waals surface area contributed by atoms with E-state index in [0.717, 1.165) is 35.5 Å². The minimum absolute atomic E-state index is 0.0130. The van der Waals surface area contributed by atoms with Crippen LogP contribution in [-0.4, -0.2) is 41.2 Å². The van der Waals surface area contributed by atoms with Crippen molar-refractivity contribution >= 4 is 5.91 Å². The molecule has 2 aromatic rings. The van der Waals surface area contributed by atoms with Crippen molar-refractivity contribution in [3.05, 3.63) is 53.9 Å². The first-order valence-corrected chi connectivity index (χ1v) is 9.92. The Kier molecular flexibility index (Phi) is 5.48. The maximum Gasteiger partial charge on any atom is 0.239 e. The average Bonchev–Trinajstić information content (AvgIpc) is 3.32. The molecule has 4 rings (SSSR count). The predicted molar refractivity (Wildman–Crippen MR) is 106 cm³/mol. The zero-order chi connectivity index (χ0) is 19.5. The summed E-state index contributed by atoms with van der Waals surface area (Å²) in [7, 11) is 3.63. The molecule has 0 N–H and O–H groups in total. The van der Waals surface area contributed by atoms with Gasteiger partial charge in [-0.2, -0.15) is 0 Å². The van der Waals surface area contributed by atoms with Gasteiger partial charge < -0.3 is 9.47 Å². The lowest BCUT2D eigenvalue weighted by atomic mass is 10.0. The second-order valence-electron chi connectivity index (χ2n) is 7.54. The van der Waals surface area contributed by atoms with Crippen LogP contribution in [0.15, 0.2) is 42.7 Å². The third-order valence-electron chi connectivity index (χ3n) is 5.71. The van der Waals surface area contributed by atoms with Gasteiger partial charge in [0.15, 0.2) is 11.5 Å². The van der Waals surface area contributed by atoms with Gasteiger partial charge in [-0.15, -0.1) is 0 Å². The van der Waals surface area contributed by atoms with Crippen LogP contribution in [0.25, 0.3) is 0 Å². The van der Waals surface area contributed by atoms with E-state index in [-0.39, 0.29) is 18.1 Å². The Morgan fingerprint density at radius 2 is 2.00 bits per heavy atom. The van der Waals surface area contributed by atoms with Crippen molar-refractivity contribution in [1.82, 2.24) is 15.0 Å². The smallest absolute Gasteiger partial charge is 0.239 e. The standard InChI is InChI=1S/C22H27N3O3/c1-24-19(13-22(26)25(24)15-16-6-5-11-23-14-16)17-9-10-20(27-2)21(12-17)28-18-7-3-4-8-18/h5-6,9-12,14,18-19H,3-4,7-8,13,15H2,1-2H3. The third-order valence-corrected chi connectivity index (χ3v) is 5.71. The van der Waals surface area contributed by atoms with E-state index in [4.69, 9.17) is 9.47 Å². The van der Waals surface area contributed by atoms with Gasteiger partial charge in [-0.1, -0.05) is 12.1 Å². The Hall–Kier alpha value is -2.60. The molecule has 28 heavy (non-hydrogen) atoms. The number of ether oxygens (including phenoxy) is 2. The maximum absolute atomic E-state index is 12.7. The highest BCUT2D eigenvalue weighted by Gasteiger charge is 2.36. The molecule has 2 aliphatic rings. The van der Waals surface area contributed by atoms with Gasteiger partial charge in [0, 0.05) is 25.9 Å². The fraction of sp³-hybridized carbons (Fsp3) is 0.455. The summed E-state index contributed by atoms with van der Waals surface area (Å²) in [5, 5.41) is 3.82. The average molecular weight is 381 g/mol. The summed E-state index contributed by atoms with van der Waals surface area (Å²) < 4.78 is 11.7. The molecule has 1 amide bonds. The van der Waals surface area contributed by atoms with Crippen molar-refractivity contribution in [2.24, 2.45) is 0 Å². The highest BCUT2D eigenvalue weighted by molar-refractivity contribution is 5.78. The molecule has 2 heterocycles. The van der Waals surface area contributed by atoms with Crippen molar-refractivity contribution in [3.8, 4) is 11.5 Å². The van der Waals surface area contributed by atoms with E-state index < -0.39 is 0 Å². The number of pyridine rings is 1. The summed E-state index contributed by atoms with van der Waals surface area (Å²) in [6.07, 6.45) is 8.87. The van der Waals surface area contributed by atoms with E-state index in [1.54, 1.807) is 24.5 Å². The van der Waals surface area contributed by atoms with Crippen molar-refractivity contribution in [1.29, 1.82) is 0 Å². The van der Waals surface area contributed by atoms with E-state index in [1.165, 1.54) is 12.8 Å². The molecule has 0 radical (unpaired) electrons. The Labute approximate surface area is 166 Å². The Morgan fingerprint density at radius 1 is 1.18 bits per heavy atom. The number of methoxy groups -OCH3 is 1. The summed E-state index contributed by atoms with van der Waals surface area (Å²) in [5.74, 6) is 1.64. The summed E-state index contributed by atoms with van der Waals surface area (Å²) in [6.45, 7) is 0.529. The Morgan fingerprint density at radius 3 is 2.71 bits per heavy atom. The molecule has 6 heteroatoms. The van der Waals surface area contributed by atoms with Crippen LogP contribution in [0.2, 0.25) is 0 Å². The molecule has 0 spiro atoms. The highest BCUT2D eigenvalue weighted by Crippen LogP contribution is 2.38. The SMILES string of the molecule is COc1ccc(C2CC(=O)N(Cc3cccnc3)N2C)cc1OC1CCCC1. The second-order valence-corrected chi connectivity index (χ2v) is 7.54. The zero-order valence-electron chi connectivity index (χ0n) is 16.5. The molecule has 1 saturated carbocycles. The predicted octanol–water partition coefficient (Wildman–Crippen LogP) is 3.73. The van der Waals surface area contributed by atoms with Crippen LogP contribution < -0.4 is 9.47 Å². The summed E-state index contributed by atoms with van der Waals surface area (Å²) in [5.41, 5.74) is 2.08. The molecular formula is C22H27N3O3. The minimum atomic E-state index is -0.0130. The van der Waals surface area contributed by atoms with Crippen LogP contribution in [0.1, 0.15) is 49.3 Å². The van der Waals surface area contributed by atoms with Crippen molar-refractivity contribution in [3.63, 3.8) is 0 Å². The molecular weight excluding hydrogens is 354 g/mol. The van der Waals surface area contributed by atoms with Gasteiger partial charge in [-0.3, -0.25) is 14.8 Å². The largest absolute Gasteiger partial charge is 0.493 e. The number of aromatic nitrogens is 1. The number of nitrogens with zero attached hydrogens (tertiary/aromatic N) is 3. The maximum atomic E-state index is 12.7. The quantitative estimate of drug-likeness (QED) is 0.763. The number of amides is 1. The van der Waals surface area contributed by atoms with Gasteiger partial charge in [0.1, 0.15) is 0 Å². The first kappa shape index (κ1) is 18.7. The van der Waals surface area contributed by atoms with Gasteiger partial charge in [-0.25, -0.2) is 5.01 Å². The zero-order valence-corrected chi connectivity index (χ0v) is 16.5. The molecule has 1 aliphatic heterocycles. The number of benzene rings is 1. The van der Waals surface area contributed by atoms with Crippen molar-refractivity contribution in [2.75, 3.05) is 14.2 Å². The topological polar surface area (TPSA) is 54.9 Å². The van der Waals surface area contributed by atoms with Crippen LogP contribution in [0.4, 0.5) is 0 Å². The van der Waals surface area contributed by atoms with Crippen LogP contribution in [-0.2, 0) is 11.3 Å². The van der Waals surface area contributed by atoms with Crippen LogP contribution >= 0.6 is 0 Å². The molecule has 0 bridgehead atoms. The number of hydrazine groups is 1. The van der Waals surface area contributed by atoms with Gasteiger partial charge in [0.25, 0.3) is 0 Å². The molecule has 1 aromatic heterocycles. The van der Waals surface area contributed by atoms with Crippen LogP contribution in [0.5, 0.6) is 11.5 Å². The fourth-order valence-electron chi connectivity index (χ4n) is 4.12. The summed E-state index contributed by atoms with van der Waals surface area (Å²) >= 11 is 0. The molecule has 6 nitrogen and oxygen atoms in total. The fourth-order valence-corrected chi connectivity index (χ4v) is 4.12. The molecule has 1 aliphatic carbocycles. The number of hydrogen-bond acceptors (Lipinski definition) is 5. The molecule has 1 aromatic carbocycles. The monoisotopic (exact) mass is 381 g/mol. The van der Waals surface area contributed by atoms with Gasteiger partial charge in [0.05, 0.1) is 25.8 Å². The Bertz CT molecular complexity index is 821. The third kappa shape index (κ3) is 3.83. The van der Waals surface area contributed by atoms with E-state index >= 15 is 0 Å². The number of rotatable bonds is 6. The molecule has 148 valence electrons. The van der Waals surface area contributed by atoms with Crippen molar-refractivity contribution in [2.45, 2.75) is 50.8 Å². The number of carbonyl (C=O) groups is 1. The molecule has 2 fully saturated rings. The summed E-state index contributed by atoms with van der Waals surface area (Å²) in [4.78, 5) is 16.8. The summed E-state index contributed by atoms with van der Waals surface area (Å²) in [6, 6.07) is 9.88. The van der Waals surface area contributed by atoms with Gasteiger partial charge in [-0.05, 0) is 55.0 Å². The first-order valence-electron chi connectivity index (χ1n) is 9.92. The normalized spacial score (nSPS) is 20.7. The van der Waals surface area contributed by atoms with Gasteiger partial charge in [0.2, 0.25) is 5.91 Å². The highest BCUT2D eigenvalue weighted by atomic mass is 16.5. The van der Waals surface area contributed by atoms with E-state index in [2.05, 4.69) is 4.98 Å². The number of hydrogen-bond donors (Lipinski definition) is 0. The van der Waals surface area contributed by atoms with Crippen molar-refractivity contribution < 1.29 is 14.3 Å². The van der Waals surface area contributed by atoms with Gasteiger partial charge >= 0.3 is 0 Å². The first-order chi connectivity index (χ1) is 13.7. The van der Waals surface area contributed by atoms with E-state index in [1.807, 2.05) is 42.4 Å². The van der Waals surface area contributed by atoms with E-state index in [9.17, 15) is 4.79 Å². The molecule has 1 unspecified atom stereocenters. The van der Waals surface area contributed by atoms with Crippen LogP contribution in [0.3, 0.4) is 0 Å². The van der Waals surface area contributed by atoms with E-state index in [0.29, 0.717) is 13.0 Å². The number of carbonyl (C=O) groups excluding carboxylic acids is 1. The lowest BCUT2D eigenvalue weighted by Gasteiger charge is -2.29. The lowest BCUT2D eigenvalue weighted by molar-refractivity contribution is -0.138.